The lowest BCUT2D eigenvalue weighted by Crippen LogP contribution is -2.32. The fraction of sp³-hybridized carbons (Fsp3) is 0.0417. The molecule has 0 spiro atoms. The Morgan fingerprint density at radius 1 is 1.09 bits per heavy atom. The summed E-state index contributed by atoms with van der Waals surface area (Å²) in [6.45, 7) is 1.95. The van der Waals surface area contributed by atoms with E-state index in [0.717, 1.165) is 33.4 Å². The Labute approximate surface area is 200 Å². The van der Waals surface area contributed by atoms with Gasteiger partial charge in [0.1, 0.15) is 5.82 Å². The van der Waals surface area contributed by atoms with Crippen LogP contribution in [0.3, 0.4) is 0 Å². The molecule has 0 bridgehead atoms. The van der Waals surface area contributed by atoms with Crippen molar-refractivity contribution in [2.24, 2.45) is 0 Å². The van der Waals surface area contributed by atoms with Gasteiger partial charge in [0, 0.05) is 27.4 Å². The van der Waals surface area contributed by atoms with Crippen LogP contribution in [0.15, 0.2) is 66.7 Å². The normalized spacial score (nSPS) is 11.1. The van der Waals surface area contributed by atoms with Gasteiger partial charge in [-0.15, -0.1) is 0 Å². The number of carbonyl (C=O) groups excluding carboxylic acids is 1. The molecule has 0 fully saturated rings. The predicted molar refractivity (Wildman–Crippen MR) is 136 cm³/mol. The minimum atomic E-state index is -0.335. The topological polar surface area (TPSA) is 69.8 Å². The summed E-state index contributed by atoms with van der Waals surface area (Å²) in [7, 11) is 0. The van der Waals surface area contributed by atoms with Gasteiger partial charge in [-0.05, 0) is 72.7 Å². The van der Waals surface area contributed by atoms with Gasteiger partial charge in [-0.2, -0.15) is 0 Å². The SMILES string of the molecule is Cc1cc2[nH]c(-c3cccc(NC(=S)NC(=O)/C=C/c4ccc(Cl)cc4)c3)nc2cc1Cl. The average Bonchev–Trinajstić information content (AvgIpc) is 3.16. The van der Waals surface area contributed by atoms with E-state index >= 15 is 0 Å². The van der Waals surface area contributed by atoms with Crippen LogP contribution in [0.5, 0.6) is 0 Å². The highest BCUT2D eigenvalue weighted by Gasteiger charge is 2.09. The summed E-state index contributed by atoms with van der Waals surface area (Å²) in [4.78, 5) is 20.1. The van der Waals surface area contributed by atoms with Crippen LogP contribution in [0.2, 0.25) is 10.0 Å². The van der Waals surface area contributed by atoms with E-state index in [0.29, 0.717) is 15.9 Å². The highest BCUT2D eigenvalue weighted by atomic mass is 35.5. The van der Waals surface area contributed by atoms with Crippen molar-refractivity contribution in [3.63, 3.8) is 0 Å². The predicted octanol–water partition coefficient (Wildman–Crippen LogP) is 6.37. The molecule has 160 valence electrons. The summed E-state index contributed by atoms with van der Waals surface area (Å²) in [6, 6.07) is 18.6. The van der Waals surface area contributed by atoms with Gasteiger partial charge in [-0.25, -0.2) is 4.98 Å². The maximum atomic E-state index is 12.1. The fourth-order valence-electron chi connectivity index (χ4n) is 3.08. The van der Waals surface area contributed by atoms with Crippen molar-refractivity contribution >= 4 is 69.2 Å². The molecule has 0 saturated carbocycles. The first kappa shape index (κ1) is 22.0. The standard InChI is InChI=1S/C24H18Cl2N4OS/c1-14-11-20-21(13-19(14)26)29-23(28-20)16-3-2-4-18(12-16)27-24(32)30-22(31)10-7-15-5-8-17(25)9-6-15/h2-13H,1H3,(H,28,29)(H2,27,30,31,32)/b10-7+. The van der Waals surface area contributed by atoms with E-state index in [1.807, 2.05) is 55.5 Å². The number of hydrogen-bond acceptors (Lipinski definition) is 3. The van der Waals surface area contributed by atoms with Crippen molar-refractivity contribution in [3.05, 3.63) is 87.9 Å². The largest absolute Gasteiger partial charge is 0.338 e. The molecule has 0 aliphatic carbocycles. The first-order valence-electron chi connectivity index (χ1n) is 9.69. The fourth-order valence-corrected chi connectivity index (χ4v) is 3.58. The Morgan fingerprint density at radius 2 is 1.88 bits per heavy atom. The minimum Gasteiger partial charge on any atom is -0.338 e. The third kappa shape index (κ3) is 5.34. The first-order valence-corrected chi connectivity index (χ1v) is 10.9. The molecule has 3 N–H and O–H groups in total. The zero-order chi connectivity index (χ0) is 22.7. The molecule has 32 heavy (non-hydrogen) atoms. The van der Waals surface area contributed by atoms with Crippen LogP contribution in [0.25, 0.3) is 28.5 Å². The summed E-state index contributed by atoms with van der Waals surface area (Å²) < 4.78 is 0. The number of aryl methyl sites for hydroxylation is 1. The van der Waals surface area contributed by atoms with Crippen LogP contribution in [-0.4, -0.2) is 21.0 Å². The number of H-pyrrole nitrogens is 1. The highest BCUT2D eigenvalue weighted by Crippen LogP contribution is 2.26. The Balaban J connectivity index is 1.42. The number of imidazole rings is 1. The van der Waals surface area contributed by atoms with Crippen molar-refractivity contribution in [1.82, 2.24) is 15.3 Å². The van der Waals surface area contributed by atoms with Gasteiger partial charge < -0.3 is 10.3 Å². The summed E-state index contributed by atoms with van der Waals surface area (Å²) in [6.07, 6.45) is 3.10. The number of fused-ring (bicyclic) bond motifs is 1. The number of anilines is 1. The highest BCUT2D eigenvalue weighted by molar-refractivity contribution is 7.80. The van der Waals surface area contributed by atoms with Crippen LogP contribution >= 0.6 is 35.4 Å². The van der Waals surface area contributed by atoms with Gasteiger partial charge in [0.15, 0.2) is 5.11 Å². The molecular weight excluding hydrogens is 463 g/mol. The van der Waals surface area contributed by atoms with Gasteiger partial charge in [0.05, 0.1) is 11.0 Å². The number of benzene rings is 3. The second kappa shape index (κ2) is 9.53. The number of hydrogen-bond donors (Lipinski definition) is 3. The van der Waals surface area contributed by atoms with Crippen molar-refractivity contribution in [3.8, 4) is 11.4 Å². The number of aromatic nitrogens is 2. The van der Waals surface area contributed by atoms with Gasteiger partial charge >= 0.3 is 0 Å². The monoisotopic (exact) mass is 480 g/mol. The molecule has 0 saturated heterocycles. The number of halogens is 2. The molecule has 0 radical (unpaired) electrons. The lowest BCUT2D eigenvalue weighted by atomic mass is 10.2. The summed E-state index contributed by atoms with van der Waals surface area (Å²) >= 11 is 17.3. The lowest BCUT2D eigenvalue weighted by Gasteiger charge is -2.09. The van der Waals surface area contributed by atoms with Gasteiger partial charge in [0.2, 0.25) is 5.91 Å². The molecule has 3 aromatic carbocycles. The number of thiocarbonyl (C=S) groups is 1. The van der Waals surface area contributed by atoms with Crippen LogP contribution in [0, 0.1) is 6.92 Å². The summed E-state index contributed by atoms with van der Waals surface area (Å²) in [5.41, 5.74) is 5.15. The average molecular weight is 481 g/mol. The van der Waals surface area contributed by atoms with Crippen LogP contribution in [0.4, 0.5) is 5.69 Å². The van der Waals surface area contributed by atoms with Crippen molar-refractivity contribution in [2.45, 2.75) is 6.92 Å². The Kier molecular flexibility index (Phi) is 6.55. The Hall–Kier alpha value is -3.19. The maximum Gasteiger partial charge on any atom is 0.250 e. The molecule has 5 nitrogen and oxygen atoms in total. The van der Waals surface area contributed by atoms with E-state index in [-0.39, 0.29) is 11.0 Å². The van der Waals surface area contributed by atoms with Crippen molar-refractivity contribution < 1.29 is 4.79 Å². The third-order valence-electron chi connectivity index (χ3n) is 4.69. The lowest BCUT2D eigenvalue weighted by molar-refractivity contribution is -0.115. The molecule has 1 heterocycles. The second-order valence-corrected chi connectivity index (χ2v) is 8.36. The third-order valence-corrected chi connectivity index (χ3v) is 5.55. The minimum absolute atomic E-state index is 0.194. The molecular formula is C24H18Cl2N4OS. The van der Waals surface area contributed by atoms with E-state index in [9.17, 15) is 4.79 Å². The van der Waals surface area contributed by atoms with Gasteiger partial charge in [0.25, 0.3) is 0 Å². The number of nitrogens with one attached hydrogen (secondary N) is 3. The van der Waals surface area contributed by atoms with Crippen molar-refractivity contribution in [2.75, 3.05) is 5.32 Å². The molecule has 0 unspecified atom stereocenters. The molecule has 1 aromatic heterocycles. The number of rotatable bonds is 4. The van der Waals surface area contributed by atoms with Crippen LogP contribution in [-0.2, 0) is 4.79 Å². The van der Waals surface area contributed by atoms with Crippen molar-refractivity contribution in [1.29, 1.82) is 0 Å². The van der Waals surface area contributed by atoms with Crippen LogP contribution in [0.1, 0.15) is 11.1 Å². The van der Waals surface area contributed by atoms with E-state index in [2.05, 4.69) is 20.6 Å². The molecule has 0 aliphatic heterocycles. The Bertz CT molecular complexity index is 1310. The smallest absolute Gasteiger partial charge is 0.250 e. The molecule has 8 heteroatoms. The van der Waals surface area contributed by atoms with Gasteiger partial charge in [-0.1, -0.05) is 47.5 Å². The van der Waals surface area contributed by atoms with Crippen LogP contribution < -0.4 is 10.6 Å². The Morgan fingerprint density at radius 3 is 2.66 bits per heavy atom. The molecule has 0 aliphatic rings. The first-order chi connectivity index (χ1) is 15.4. The van der Waals surface area contributed by atoms with Gasteiger partial charge in [-0.3, -0.25) is 10.1 Å². The summed E-state index contributed by atoms with van der Waals surface area (Å²) in [5.74, 6) is 0.379. The number of nitrogens with zero attached hydrogens (tertiary/aromatic N) is 1. The maximum absolute atomic E-state index is 12.1. The number of amides is 1. The zero-order valence-corrected chi connectivity index (χ0v) is 19.3. The molecule has 1 amide bonds. The second-order valence-electron chi connectivity index (χ2n) is 7.11. The molecule has 4 rings (SSSR count). The number of aromatic amines is 1. The van der Waals surface area contributed by atoms with E-state index in [1.54, 1.807) is 18.2 Å². The number of carbonyl (C=O) groups is 1. The quantitative estimate of drug-likeness (QED) is 0.234. The molecule has 0 atom stereocenters. The zero-order valence-electron chi connectivity index (χ0n) is 16.9. The summed E-state index contributed by atoms with van der Waals surface area (Å²) in [5, 5.41) is 7.17. The van der Waals surface area contributed by atoms with E-state index in [4.69, 9.17) is 35.4 Å². The molecule has 4 aromatic rings. The van der Waals surface area contributed by atoms with E-state index in [1.165, 1.54) is 6.08 Å². The van der Waals surface area contributed by atoms with E-state index < -0.39 is 0 Å².